The van der Waals surface area contributed by atoms with Gasteiger partial charge in [0.1, 0.15) is 23.4 Å². The minimum absolute atomic E-state index is 0.0187. The van der Waals surface area contributed by atoms with Gasteiger partial charge in [0.15, 0.2) is 22.4 Å². The highest BCUT2D eigenvalue weighted by Crippen LogP contribution is 2.37. The molecule has 4 atom stereocenters. The number of terminal acetylenes is 1. The summed E-state index contributed by atoms with van der Waals surface area (Å²) in [6.07, 6.45) is 2.17. The molecule has 0 aliphatic carbocycles. The van der Waals surface area contributed by atoms with Gasteiger partial charge in [0.05, 0.1) is 15.6 Å². The molecule has 3 rings (SSSR count). The van der Waals surface area contributed by atoms with Crippen molar-refractivity contribution in [3.05, 3.63) is 11.0 Å². The maximum Gasteiger partial charge on any atom is 0.200 e. The number of nitrogens with zero attached hydrogens (tertiary/aromatic N) is 3. The Hall–Kier alpha value is -2.03. The number of aliphatic hydroxyl groups is 2. The summed E-state index contributed by atoms with van der Waals surface area (Å²) < 4.78 is 21.7. The number of hydrogen-bond acceptors (Lipinski definition) is 8. The lowest BCUT2D eigenvalue weighted by Crippen LogP contribution is -2.53. The Morgan fingerprint density at radius 3 is 3.09 bits per heavy atom. The molecule has 1 aliphatic rings. The molecule has 7 N–H and O–H groups in total. The van der Waals surface area contributed by atoms with E-state index in [2.05, 4.69) is 20.9 Å². The number of nitrogens with one attached hydrogen (secondary N) is 1. The Kier molecular flexibility index (Phi) is 2.85. The number of nitrogens with two attached hydrogens (primary N) is 2. The molecule has 1 fully saturated rings. The average Bonchev–Trinajstić information content (AvgIpc) is 2.99. The number of rotatable bonds is 2. The second-order valence-corrected chi connectivity index (χ2v) is 5.22. The number of fused-ring (bicyclic) bond motifs is 1. The summed E-state index contributed by atoms with van der Waals surface area (Å²) in [5, 5.41) is 19.9. The first kappa shape index (κ1) is 12.5. The van der Waals surface area contributed by atoms with Crippen LogP contribution in [0, 0.1) is 17.0 Å². The fraction of sp³-hybridized carbons (Fsp3) is 0.417. The van der Waals surface area contributed by atoms with Gasteiger partial charge < -0.3 is 31.4 Å². The molecule has 1 aliphatic heterocycles. The van der Waals surface area contributed by atoms with E-state index in [1.807, 2.05) is 0 Å². The summed E-state index contributed by atoms with van der Waals surface area (Å²) in [5.74, 6) is 2.23. The molecular weight excluding hydrogens is 308 g/mol. The number of aliphatic hydroxyl groups excluding tert-OH is 1. The van der Waals surface area contributed by atoms with E-state index >= 15 is 0 Å². The number of aromatic nitrogens is 4. The van der Waals surface area contributed by atoms with E-state index in [0.717, 1.165) is 0 Å². The molecule has 0 spiro atoms. The van der Waals surface area contributed by atoms with Crippen molar-refractivity contribution in [2.45, 2.75) is 24.0 Å². The first-order chi connectivity index (χ1) is 11.1. The Balaban J connectivity index is 2.19. The summed E-state index contributed by atoms with van der Waals surface area (Å²) in [7, 11) is 0. The number of aromatic amines is 1. The Morgan fingerprint density at radius 1 is 1.73 bits per heavy atom. The first-order valence-electron chi connectivity index (χ1n) is 7.14. The highest BCUT2D eigenvalue weighted by atomic mass is 32.1. The van der Waals surface area contributed by atoms with Gasteiger partial charge in [0, 0.05) is 0 Å². The highest BCUT2D eigenvalue weighted by Gasteiger charge is 2.54. The molecule has 10 heteroatoms. The van der Waals surface area contributed by atoms with Crippen LogP contribution in [0.25, 0.3) is 11.2 Å². The van der Waals surface area contributed by atoms with Crippen LogP contribution in [0.5, 0.6) is 0 Å². The standard InChI is InChI=1S/C12H14N6O3S/c1-2-12(14)7(20)5(3-19)21-10(12)18-4-15-6-8(18)16-11(13)17-9(6)22/h1,4-5,7,10,19-20H,3,14H2,(H3,13,16,17,22)/t5-,7+,10-,12?/m1/s1/i3D2. The van der Waals surface area contributed by atoms with E-state index in [-0.39, 0.29) is 16.2 Å². The number of imidazole rings is 1. The van der Waals surface area contributed by atoms with Crippen LogP contribution >= 0.6 is 12.2 Å². The minimum atomic E-state index is -2.86. The number of ether oxygens (including phenoxy) is 1. The smallest absolute Gasteiger partial charge is 0.200 e. The third-order valence-corrected chi connectivity index (χ3v) is 3.84. The van der Waals surface area contributed by atoms with Crippen LogP contribution in [0.1, 0.15) is 8.97 Å². The van der Waals surface area contributed by atoms with Crippen LogP contribution < -0.4 is 11.5 Å². The molecule has 0 bridgehead atoms. The average molecular weight is 324 g/mol. The zero-order valence-corrected chi connectivity index (χ0v) is 11.9. The van der Waals surface area contributed by atoms with Crippen molar-refractivity contribution in [2.75, 3.05) is 12.3 Å². The van der Waals surface area contributed by atoms with Crippen molar-refractivity contribution in [2.24, 2.45) is 5.73 Å². The monoisotopic (exact) mass is 324 g/mol. The Labute approximate surface area is 132 Å². The Bertz CT molecular complexity index is 903. The number of nitrogen functional groups attached to an aromatic ring is 1. The largest absolute Gasteiger partial charge is 0.394 e. The molecule has 0 saturated carbocycles. The molecule has 22 heavy (non-hydrogen) atoms. The summed E-state index contributed by atoms with van der Waals surface area (Å²) in [6, 6.07) is 0. The van der Waals surface area contributed by atoms with Crippen LogP contribution in [0.2, 0.25) is 0 Å². The molecular formula is C12H14N6O3S. The molecule has 2 aromatic rings. The van der Waals surface area contributed by atoms with E-state index in [1.54, 1.807) is 0 Å². The van der Waals surface area contributed by atoms with Gasteiger partial charge in [-0.1, -0.05) is 18.1 Å². The molecule has 1 saturated heterocycles. The van der Waals surface area contributed by atoms with Gasteiger partial charge in [-0.25, -0.2) is 9.97 Å². The van der Waals surface area contributed by atoms with Crippen LogP contribution in [-0.4, -0.2) is 54.0 Å². The van der Waals surface area contributed by atoms with Crippen LogP contribution in [0.15, 0.2) is 6.33 Å². The third kappa shape index (κ3) is 1.92. The molecule has 3 heterocycles. The van der Waals surface area contributed by atoms with E-state index in [4.69, 9.17) is 37.6 Å². The van der Waals surface area contributed by atoms with Gasteiger partial charge in [-0.05, 0) is 0 Å². The van der Waals surface area contributed by atoms with Gasteiger partial charge in [-0.3, -0.25) is 4.57 Å². The van der Waals surface area contributed by atoms with Gasteiger partial charge in [-0.15, -0.1) is 6.42 Å². The predicted molar refractivity (Wildman–Crippen MR) is 79.9 cm³/mol. The zero-order chi connectivity index (χ0) is 17.9. The maximum atomic E-state index is 10.3. The van der Waals surface area contributed by atoms with E-state index < -0.39 is 30.5 Å². The van der Waals surface area contributed by atoms with Crippen molar-refractivity contribution in [1.29, 1.82) is 0 Å². The topological polar surface area (TPSA) is 148 Å². The van der Waals surface area contributed by atoms with E-state index in [9.17, 15) is 10.2 Å². The van der Waals surface area contributed by atoms with E-state index in [0.29, 0.717) is 5.52 Å². The molecule has 1 unspecified atom stereocenters. The van der Waals surface area contributed by atoms with Crippen molar-refractivity contribution in [3.63, 3.8) is 0 Å². The predicted octanol–water partition coefficient (Wildman–Crippen LogP) is -1.35. The van der Waals surface area contributed by atoms with Crippen LogP contribution in [0.3, 0.4) is 0 Å². The van der Waals surface area contributed by atoms with Gasteiger partial charge in [0.25, 0.3) is 0 Å². The van der Waals surface area contributed by atoms with Gasteiger partial charge in [-0.2, -0.15) is 0 Å². The quantitative estimate of drug-likeness (QED) is 0.336. The van der Waals surface area contributed by atoms with E-state index in [1.165, 1.54) is 10.9 Å². The van der Waals surface area contributed by atoms with Crippen LogP contribution in [0.4, 0.5) is 5.95 Å². The molecule has 2 aromatic heterocycles. The zero-order valence-electron chi connectivity index (χ0n) is 13.1. The SMILES string of the molecule is [2H]C([2H])(O)[C@H]1O[C@@H](n2cnc3c(=S)nc(N)[nH]c32)C(N)(C#C)[C@H]1O. The summed E-state index contributed by atoms with van der Waals surface area (Å²) in [5.41, 5.74) is 10.5. The summed E-state index contributed by atoms with van der Waals surface area (Å²) in [6.45, 7) is -2.86. The van der Waals surface area contributed by atoms with Gasteiger partial charge >= 0.3 is 0 Å². The molecule has 0 amide bonds. The normalized spacial score (nSPS) is 33.5. The lowest BCUT2D eigenvalue weighted by Gasteiger charge is -2.27. The van der Waals surface area contributed by atoms with Crippen LogP contribution in [-0.2, 0) is 4.74 Å². The number of H-pyrrole nitrogens is 1. The molecule has 0 radical (unpaired) electrons. The van der Waals surface area contributed by atoms with Crippen molar-refractivity contribution >= 4 is 29.3 Å². The second kappa shape index (κ2) is 5.01. The van der Waals surface area contributed by atoms with Crippen molar-refractivity contribution < 1.29 is 17.7 Å². The molecule has 9 nitrogen and oxygen atoms in total. The highest BCUT2D eigenvalue weighted by molar-refractivity contribution is 7.71. The van der Waals surface area contributed by atoms with Crippen molar-refractivity contribution in [3.8, 4) is 12.3 Å². The second-order valence-electron chi connectivity index (χ2n) is 4.84. The summed E-state index contributed by atoms with van der Waals surface area (Å²) >= 11 is 5.07. The fourth-order valence-electron chi connectivity index (χ4n) is 2.41. The Morgan fingerprint density at radius 2 is 2.45 bits per heavy atom. The minimum Gasteiger partial charge on any atom is -0.394 e. The van der Waals surface area contributed by atoms with Gasteiger partial charge in [0.2, 0.25) is 0 Å². The lowest BCUT2D eigenvalue weighted by atomic mass is 9.92. The maximum absolute atomic E-state index is 10.3. The molecule has 116 valence electrons. The first-order valence-corrected chi connectivity index (χ1v) is 6.55. The number of anilines is 1. The molecule has 0 aromatic carbocycles. The number of hydrogen-bond donors (Lipinski definition) is 5. The third-order valence-electron chi connectivity index (χ3n) is 3.55. The summed E-state index contributed by atoms with van der Waals surface area (Å²) in [4.78, 5) is 10.7. The van der Waals surface area contributed by atoms with Crippen molar-refractivity contribution in [1.82, 2.24) is 19.5 Å². The fourth-order valence-corrected chi connectivity index (χ4v) is 2.65. The lowest BCUT2D eigenvalue weighted by molar-refractivity contribution is -0.0447.